The number of halogens is 2. The molecule has 0 saturated carbocycles. The smallest absolute Gasteiger partial charge is 0.243 e. The first-order chi connectivity index (χ1) is 11.4. The molecule has 0 aromatic heterocycles. The summed E-state index contributed by atoms with van der Waals surface area (Å²) in [6.07, 6.45) is 0. The molecule has 4 nitrogen and oxygen atoms in total. The lowest BCUT2D eigenvalue weighted by molar-refractivity contribution is 0.383. The Bertz CT molecular complexity index is 847. The van der Waals surface area contributed by atoms with Gasteiger partial charge in [-0.1, -0.05) is 18.2 Å². The average Bonchev–Trinajstić information content (AvgIpc) is 2.55. The first-order valence-corrected chi connectivity index (χ1v) is 9.09. The summed E-state index contributed by atoms with van der Waals surface area (Å²) in [6, 6.07) is 10.3. The summed E-state index contributed by atoms with van der Waals surface area (Å²) in [4.78, 5) is 2.03. The molecule has 0 bridgehead atoms. The number of hydrogen-bond acceptors (Lipinski definition) is 3. The summed E-state index contributed by atoms with van der Waals surface area (Å²) in [5.41, 5.74) is 0.994. The van der Waals surface area contributed by atoms with Gasteiger partial charge in [0.2, 0.25) is 10.0 Å². The molecule has 2 aromatic carbocycles. The monoisotopic (exact) mass is 352 g/mol. The van der Waals surface area contributed by atoms with Crippen LogP contribution >= 0.6 is 0 Å². The van der Waals surface area contributed by atoms with Gasteiger partial charge in [0.15, 0.2) is 0 Å². The van der Waals surface area contributed by atoms with E-state index in [-0.39, 0.29) is 13.1 Å². The number of rotatable bonds is 3. The van der Waals surface area contributed by atoms with E-state index < -0.39 is 21.7 Å². The van der Waals surface area contributed by atoms with Crippen LogP contribution in [0, 0.1) is 18.6 Å². The highest BCUT2D eigenvalue weighted by Gasteiger charge is 2.30. The second-order valence-corrected chi connectivity index (χ2v) is 7.66. The number of aryl methyl sites for hydroxylation is 1. The van der Waals surface area contributed by atoms with Crippen molar-refractivity contribution in [2.75, 3.05) is 31.1 Å². The Balaban J connectivity index is 1.76. The predicted molar refractivity (Wildman–Crippen MR) is 88.5 cm³/mol. The minimum absolute atomic E-state index is 0.257. The molecule has 2 aromatic rings. The van der Waals surface area contributed by atoms with Crippen molar-refractivity contribution >= 4 is 15.7 Å². The summed E-state index contributed by atoms with van der Waals surface area (Å²) in [6.45, 7) is 2.99. The highest BCUT2D eigenvalue weighted by Crippen LogP contribution is 2.25. The van der Waals surface area contributed by atoms with Gasteiger partial charge in [-0.15, -0.1) is 0 Å². The molecule has 0 atom stereocenters. The van der Waals surface area contributed by atoms with E-state index in [9.17, 15) is 17.2 Å². The second kappa shape index (κ2) is 6.49. The summed E-state index contributed by atoms with van der Waals surface area (Å²) in [5, 5.41) is 0. The van der Waals surface area contributed by atoms with E-state index in [1.54, 1.807) is 36.1 Å². The van der Waals surface area contributed by atoms with E-state index in [0.29, 0.717) is 29.2 Å². The molecular weight excluding hydrogens is 334 g/mol. The molecule has 1 fully saturated rings. The maximum Gasteiger partial charge on any atom is 0.243 e. The molecule has 0 unspecified atom stereocenters. The highest BCUT2D eigenvalue weighted by molar-refractivity contribution is 7.89. The van der Waals surface area contributed by atoms with E-state index in [0.717, 1.165) is 6.07 Å². The van der Waals surface area contributed by atoms with Gasteiger partial charge in [-0.25, -0.2) is 17.2 Å². The van der Waals surface area contributed by atoms with Gasteiger partial charge in [-0.05, 0) is 30.7 Å². The lowest BCUT2D eigenvalue weighted by Gasteiger charge is -2.35. The summed E-state index contributed by atoms with van der Waals surface area (Å²) in [5.74, 6) is -1.26. The molecule has 1 aliphatic rings. The van der Waals surface area contributed by atoms with Crippen LogP contribution in [0.1, 0.15) is 5.56 Å². The lowest BCUT2D eigenvalue weighted by atomic mass is 10.2. The molecule has 7 heteroatoms. The van der Waals surface area contributed by atoms with Crippen molar-refractivity contribution in [1.29, 1.82) is 0 Å². The average molecular weight is 352 g/mol. The topological polar surface area (TPSA) is 40.6 Å². The fourth-order valence-electron chi connectivity index (χ4n) is 2.89. The van der Waals surface area contributed by atoms with Gasteiger partial charge < -0.3 is 4.90 Å². The zero-order chi connectivity index (χ0) is 17.3. The maximum absolute atomic E-state index is 13.9. The minimum atomic E-state index is -3.56. The molecule has 0 radical (unpaired) electrons. The van der Waals surface area contributed by atoms with Gasteiger partial charge in [-0.2, -0.15) is 4.31 Å². The Hall–Kier alpha value is -1.99. The van der Waals surface area contributed by atoms with Crippen LogP contribution in [-0.4, -0.2) is 38.9 Å². The molecule has 0 amide bonds. The third kappa shape index (κ3) is 3.14. The van der Waals surface area contributed by atoms with E-state index in [2.05, 4.69) is 0 Å². The van der Waals surface area contributed by atoms with Crippen LogP contribution in [0.25, 0.3) is 0 Å². The third-order valence-electron chi connectivity index (χ3n) is 4.20. The van der Waals surface area contributed by atoms with Crippen molar-refractivity contribution in [3.63, 3.8) is 0 Å². The fourth-order valence-corrected chi connectivity index (χ4v) is 4.54. The van der Waals surface area contributed by atoms with Crippen LogP contribution < -0.4 is 4.90 Å². The van der Waals surface area contributed by atoms with Crippen molar-refractivity contribution in [2.45, 2.75) is 11.8 Å². The number of hydrogen-bond donors (Lipinski definition) is 0. The molecule has 0 N–H and O–H groups in total. The van der Waals surface area contributed by atoms with Crippen molar-refractivity contribution in [3.8, 4) is 0 Å². The van der Waals surface area contributed by atoms with Gasteiger partial charge in [-0.3, -0.25) is 0 Å². The standard InChI is InChI=1S/C17H18F2N2O2S/c1-13-4-2-3-5-17(13)24(22,23)21-10-8-20(9-11-21)16-7-6-14(18)12-15(16)19/h2-7,12H,8-11H2,1H3. The Morgan fingerprint density at radius 2 is 1.62 bits per heavy atom. The van der Waals surface area contributed by atoms with Gasteiger partial charge in [0.05, 0.1) is 10.6 Å². The fraction of sp³-hybridized carbons (Fsp3) is 0.294. The van der Waals surface area contributed by atoms with Crippen LogP contribution in [0.3, 0.4) is 0 Å². The number of anilines is 1. The summed E-state index contributed by atoms with van der Waals surface area (Å²) >= 11 is 0. The van der Waals surface area contributed by atoms with Crippen LogP contribution in [0.2, 0.25) is 0 Å². The van der Waals surface area contributed by atoms with E-state index >= 15 is 0 Å². The molecule has 1 aliphatic heterocycles. The number of piperazine rings is 1. The normalized spacial score (nSPS) is 16.4. The van der Waals surface area contributed by atoms with Crippen LogP contribution in [0.15, 0.2) is 47.4 Å². The molecular formula is C17H18F2N2O2S. The minimum Gasteiger partial charge on any atom is -0.367 e. The summed E-state index contributed by atoms with van der Waals surface area (Å²) < 4.78 is 53.8. The summed E-state index contributed by atoms with van der Waals surface area (Å²) in [7, 11) is -3.56. The van der Waals surface area contributed by atoms with Crippen molar-refractivity contribution in [1.82, 2.24) is 4.31 Å². The van der Waals surface area contributed by atoms with Crippen molar-refractivity contribution in [2.24, 2.45) is 0 Å². The van der Waals surface area contributed by atoms with Gasteiger partial charge >= 0.3 is 0 Å². The van der Waals surface area contributed by atoms with Gasteiger partial charge in [0.1, 0.15) is 11.6 Å². The number of benzene rings is 2. The highest BCUT2D eigenvalue weighted by atomic mass is 32.2. The van der Waals surface area contributed by atoms with Crippen LogP contribution in [0.4, 0.5) is 14.5 Å². The lowest BCUT2D eigenvalue weighted by Crippen LogP contribution is -2.49. The van der Waals surface area contributed by atoms with Crippen molar-refractivity contribution < 1.29 is 17.2 Å². The molecule has 24 heavy (non-hydrogen) atoms. The first kappa shape index (κ1) is 16.9. The predicted octanol–water partition coefficient (Wildman–Crippen LogP) is 2.78. The largest absolute Gasteiger partial charge is 0.367 e. The Morgan fingerprint density at radius 1 is 0.958 bits per heavy atom. The molecule has 3 rings (SSSR count). The molecule has 128 valence electrons. The van der Waals surface area contributed by atoms with Crippen molar-refractivity contribution in [3.05, 3.63) is 59.7 Å². The second-order valence-electron chi connectivity index (χ2n) is 5.75. The van der Waals surface area contributed by atoms with E-state index in [4.69, 9.17) is 0 Å². The zero-order valence-electron chi connectivity index (χ0n) is 13.2. The van der Waals surface area contributed by atoms with Gasteiger partial charge in [0.25, 0.3) is 0 Å². The molecule has 0 spiro atoms. The van der Waals surface area contributed by atoms with Gasteiger partial charge in [0, 0.05) is 32.2 Å². The molecule has 1 heterocycles. The Morgan fingerprint density at radius 3 is 2.25 bits per heavy atom. The Labute approximate surface area is 140 Å². The van der Waals surface area contributed by atoms with E-state index in [1.165, 1.54) is 16.4 Å². The quantitative estimate of drug-likeness (QED) is 0.853. The van der Waals surface area contributed by atoms with Crippen LogP contribution in [-0.2, 0) is 10.0 Å². The number of sulfonamides is 1. The Kier molecular flexibility index (Phi) is 4.56. The molecule has 0 aliphatic carbocycles. The number of nitrogens with zero attached hydrogens (tertiary/aromatic N) is 2. The zero-order valence-corrected chi connectivity index (χ0v) is 14.1. The maximum atomic E-state index is 13.9. The molecule has 1 saturated heterocycles. The third-order valence-corrected chi connectivity index (χ3v) is 6.26. The SMILES string of the molecule is Cc1ccccc1S(=O)(=O)N1CCN(c2ccc(F)cc2F)CC1. The van der Waals surface area contributed by atoms with Crippen LogP contribution in [0.5, 0.6) is 0 Å². The van der Waals surface area contributed by atoms with E-state index in [1.807, 2.05) is 0 Å². The first-order valence-electron chi connectivity index (χ1n) is 7.65.